The highest BCUT2D eigenvalue weighted by Crippen LogP contribution is 2.37. The summed E-state index contributed by atoms with van der Waals surface area (Å²) in [6, 6.07) is 12.1. The minimum absolute atomic E-state index is 0.0226. The smallest absolute Gasteiger partial charge is 0.311 e. The Hall–Kier alpha value is -2.67. The number of nitrogens with zero attached hydrogens (tertiary/aromatic N) is 4. The molecule has 0 spiro atoms. The molecule has 1 saturated carbocycles. The van der Waals surface area contributed by atoms with Crippen LogP contribution in [0.4, 0.5) is 5.69 Å². The topological polar surface area (TPSA) is 60.1 Å². The Labute approximate surface area is 160 Å². The lowest BCUT2D eigenvalue weighted by molar-refractivity contribution is -0.119. The van der Waals surface area contributed by atoms with Gasteiger partial charge in [0.15, 0.2) is 5.82 Å². The molecule has 27 heavy (non-hydrogen) atoms. The van der Waals surface area contributed by atoms with Crippen LogP contribution in [0, 0.1) is 0 Å². The summed E-state index contributed by atoms with van der Waals surface area (Å²) >= 11 is 1.56. The number of fused-ring (bicyclic) bond motifs is 1. The van der Waals surface area contributed by atoms with E-state index >= 15 is 0 Å². The van der Waals surface area contributed by atoms with E-state index in [0.29, 0.717) is 12.4 Å². The molecule has 0 unspecified atom stereocenters. The molecule has 1 aliphatic carbocycles. The Kier molecular flexibility index (Phi) is 3.97. The summed E-state index contributed by atoms with van der Waals surface area (Å²) < 4.78 is 3.11. The first-order valence-corrected chi connectivity index (χ1v) is 10.2. The Morgan fingerprint density at radius 1 is 1.19 bits per heavy atom. The van der Waals surface area contributed by atoms with Crippen molar-refractivity contribution in [3.05, 3.63) is 57.8 Å². The highest BCUT2D eigenvalue weighted by Gasteiger charge is 2.31. The van der Waals surface area contributed by atoms with Crippen molar-refractivity contribution in [3.8, 4) is 10.7 Å². The van der Waals surface area contributed by atoms with Crippen molar-refractivity contribution in [3.63, 3.8) is 0 Å². The molecule has 1 aromatic carbocycles. The number of carbonyl (C=O) groups excluding carboxylic acids is 1. The first-order chi connectivity index (χ1) is 13.2. The monoisotopic (exact) mass is 380 g/mol. The van der Waals surface area contributed by atoms with Gasteiger partial charge in [0.05, 0.1) is 4.88 Å². The van der Waals surface area contributed by atoms with Crippen molar-refractivity contribution in [2.75, 3.05) is 11.4 Å². The standard InChI is InChI=1S/C20H20N4O2S/c25-18(22-11-3-6-14-5-1-2-7-16(14)22)13-23-20(26)24(15-9-10-15)19(21-23)17-8-4-12-27-17/h1-2,4-5,7-8,12,15H,3,6,9-11,13H2. The van der Waals surface area contributed by atoms with Crippen LogP contribution in [0.25, 0.3) is 10.7 Å². The second kappa shape index (κ2) is 6.49. The summed E-state index contributed by atoms with van der Waals surface area (Å²) in [5.41, 5.74) is 1.97. The maximum Gasteiger partial charge on any atom is 0.346 e. The molecule has 1 fully saturated rings. The number of benzene rings is 1. The first-order valence-electron chi connectivity index (χ1n) is 9.34. The molecule has 1 aliphatic heterocycles. The van der Waals surface area contributed by atoms with Crippen molar-refractivity contribution < 1.29 is 4.79 Å². The van der Waals surface area contributed by atoms with Gasteiger partial charge in [0.2, 0.25) is 5.91 Å². The molecule has 0 radical (unpaired) electrons. The van der Waals surface area contributed by atoms with Crippen molar-refractivity contribution in [2.45, 2.75) is 38.3 Å². The maximum atomic E-state index is 13.0. The number of para-hydroxylation sites is 1. The quantitative estimate of drug-likeness (QED) is 0.699. The van der Waals surface area contributed by atoms with Crippen LogP contribution in [-0.2, 0) is 17.8 Å². The van der Waals surface area contributed by atoms with Crippen LogP contribution in [0.5, 0.6) is 0 Å². The van der Waals surface area contributed by atoms with E-state index in [1.165, 1.54) is 10.2 Å². The Balaban J connectivity index is 1.47. The summed E-state index contributed by atoms with van der Waals surface area (Å²) in [6.07, 6.45) is 3.92. The van der Waals surface area contributed by atoms with Crippen LogP contribution in [0.3, 0.4) is 0 Å². The Morgan fingerprint density at radius 2 is 2.04 bits per heavy atom. The van der Waals surface area contributed by atoms with Gasteiger partial charge < -0.3 is 4.90 Å². The van der Waals surface area contributed by atoms with Gasteiger partial charge in [-0.05, 0) is 48.8 Å². The zero-order valence-electron chi connectivity index (χ0n) is 14.9. The van der Waals surface area contributed by atoms with Gasteiger partial charge in [0.1, 0.15) is 6.54 Å². The average Bonchev–Trinajstić information content (AvgIpc) is 3.27. The average molecular weight is 380 g/mol. The molecule has 0 atom stereocenters. The third-order valence-electron chi connectivity index (χ3n) is 5.22. The van der Waals surface area contributed by atoms with Crippen LogP contribution in [0.2, 0.25) is 0 Å². The third-order valence-corrected chi connectivity index (χ3v) is 6.09. The van der Waals surface area contributed by atoms with Gasteiger partial charge in [-0.3, -0.25) is 9.36 Å². The van der Waals surface area contributed by atoms with Crippen LogP contribution in [-0.4, -0.2) is 26.8 Å². The molecule has 0 bridgehead atoms. The lowest BCUT2D eigenvalue weighted by atomic mass is 10.0. The fraction of sp³-hybridized carbons (Fsp3) is 0.350. The van der Waals surface area contributed by atoms with E-state index in [-0.39, 0.29) is 24.2 Å². The van der Waals surface area contributed by atoms with Crippen LogP contribution in [0.1, 0.15) is 30.9 Å². The van der Waals surface area contributed by atoms with Crippen molar-refractivity contribution >= 4 is 22.9 Å². The second-order valence-electron chi connectivity index (χ2n) is 7.12. The number of thiophene rings is 1. The maximum absolute atomic E-state index is 13.0. The molecule has 5 rings (SSSR count). The molecule has 2 aliphatic rings. The molecule has 0 N–H and O–H groups in total. The molecule has 6 nitrogen and oxygen atoms in total. The lowest BCUT2D eigenvalue weighted by Crippen LogP contribution is -2.40. The zero-order valence-corrected chi connectivity index (χ0v) is 15.7. The molecule has 0 saturated heterocycles. The molecule has 7 heteroatoms. The summed E-state index contributed by atoms with van der Waals surface area (Å²) in [5.74, 6) is 0.603. The van der Waals surface area contributed by atoms with Crippen LogP contribution in [0.15, 0.2) is 46.6 Å². The predicted octanol–water partition coefficient (Wildman–Crippen LogP) is 3.09. The van der Waals surface area contributed by atoms with E-state index in [1.807, 2.05) is 35.7 Å². The van der Waals surface area contributed by atoms with E-state index in [0.717, 1.165) is 36.2 Å². The van der Waals surface area contributed by atoms with Gasteiger partial charge in [-0.1, -0.05) is 24.3 Å². The molecule has 3 heterocycles. The predicted molar refractivity (Wildman–Crippen MR) is 105 cm³/mol. The van der Waals surface area contributed by atoms with E-state index in [1.54, 1.807) is 20.8 Å². The summed E-state index contributed by atoms with van der Waals surface area (Å²) in [4.78, 5) is 28.7. The summed E-state index contributed by atoms with van der Waals surface area (Å²) in [5, 5.41) is 6.51. The molecular weight excluding hydrogens is 360 g/mol. The Bertz CT molecular complexity index is 1050. The van der Waals surface area contributed by atoms with Gasteiger partial charge in [-0.2, -0.15) is 0 Å². The number of rotatable bonds is 4. The minimum Gasteiger partial charge on any atom is -0.311 e. The van der Waals surface area contributed by atoms with Gasteiger partial charge in [0, 0.05) is 18.3 Å². The molecular formula is C20H20N4O2S. The second-order valence-corrected chi connectivity index (χ2v) is 8.07. The molecule has 3 aromatic rings. The lowest BCUT2D eigenvalue weighted by Gasteiger charge is -2.29. The van der Waals surface area contributed by atoms with Crippen LogP contribution >= 0.6 is 11.3 Å². The van der Waals surface area contributed by atoms with E-state index in [2.05, 4.69) is 11.2 Å². The number of amides is 1. The fourth-order valence-corrected chi connectivity index (χ4v) is 4.47. The van der Waals surface area contributed by atoms with Gasteiger partial charge in [0.25, 0.3) is 0 Å². The number of aromatic nitrogens is 3. The third kappa shape index (κ3) is 2.92. The van der Waals surface area contributed by atoms with Gasteiger partial charge in [-0.15, -0.1) is 16.4 Å². The molecule has 2 aromatic heterocycles. The van der Waals surface area contributed by atoms with Crippen molar-refractivity contribution in [1.29, 1.82) is 0 Å². The summed E-state index contributed by atoms with van der Waals surface area (Å²) in [6.45, 7) is 0.664. The fourth-order valence-electron chi connectivity index (χ4n) is 3.77. The number of aryl methyl sites for hydroxylation is 1. The Morgan fingerprint density at radius 3 is 2.81 bits per heavy atom. The van der Waals surface area contributed by atoms with Crippen molar-refractivity contribution in [2.24, 2.45) is 0 Å². The number of carbonyl (C=O) groups is 1. The minimum atomic E-state index is -0.181. The largest absolute Gasteiger partial charge is 0.346 e. The van der Waals surface area contributed by atoms with Gasteiger partial charge in [-0.25, -0.2) is 9.48 Å². The van der Waals surface area contributed by atoms with Gasteiger partial charge >= 0.3 is 5.69 Å². The highest BCUT2D eigenvalue weighted by atomic mass is 32.1. The van der Waals surface area contributed by atoms with E-state index in [4.69, 9.17) is 0 Å². The van der Waals surface area contributed by atoms with E-state index in [9.17, 15) is 9.59 Å². The van der Waals surface area contributed by atoms with E-state index < -0.39 is 0 Å². The zero-order chi connectivity index (χ0) is 18.4. The number of hydrogen-bond donors (Lipinski definition) is 0. The normalized spacial score (nSPS) is 16.4. The van der Waals surface area contributed by atoms with Crippen LogP contribution < -0.4 is 10.6 Å². The first kappa shape index (κ1) is 16.5. The number of anilines is 1. The highest BCUT2D eigenvalue weighted by molar-refractivity contribution is 7.13. The SMILES string of the molecule is O=C(Cn1nc(-c2cccs2)n(C2CC2)c1=O)N1CCCc2ccccc21. The number of hydrogen-bond acceptors (Lipinski definition) is 4. The molecule has 138 valence electrons. The molecule has 1 amide bonds. The van der Waals surface area contributed by atoms with Crippen molar-refractivity contribution in [1.82, 2.24) is 14.3 Å². The summed E-state index contributed by atoms with van der Waals surface area (Å²) in [7, 11) is 0.